The van der Waals surface area contributed by atoms with Gasteiger partial charge in [0.1, 0.15) is 0 Å². The maximum absolute atomic E-state index is 11.9. The second-order valence-electron chi connectivity index (χ2n) is 5.70. The number of hydrogen-bond acceptors (Lipinski definition) is 4. The summed E-state index contributed by atoms with van der Waals surface area (Å²) in [6.07, 6.45) is 5.79. The topological polar surface area (TPSA) is 84.2 Å². The highest BCUT2D eigenvalue weighted by atomic mass is 32.2. The minimum atomic E-state index is -3.38. The minimum absolute atomic E-state index is 0.0414. The molecule has 21 heavy (non-hydrogen) atoms. The summed E-state index contributed by atoms with van der Waals surface area (Å²) in [5, 5.41) is 3.51. The fraction of sp³-hybridized carbons (Fsp3) is 0.600. The zero-order valence-corrected chi connectivity index (χ0v) is 13.4. The third-order valence-electron chi connectivity index (χ3n) is 4.11. The second kappa shape index (κ2) is 6.77. The maximum Gasteiger partial charge on any atom is 0.240 e. The highest BCUT2D eigenvalue weighted by Gasteiger charge is 2.30. The van der Waals surface area contributed by atoms with Crippen molar-refractivity contribution in [3.63, 3.8) is 0 Å². The van der Waals surface area contributed by atoms with Crippen LogP contribution in [0.4, 0.5) is 5.69 Å². The fourth-order valence-corrected chi connectivity index (χ4v) is 3.95. The van der Waals surface area contributed by atoms with Gasteiger partial charge < -0.3 is 11.1 Å². The van der Waals surface area contributed by atoms with Crippen molar-refractivity contribution in [2.75, 3.05) is 18.4 Å². The Kier molecular flexibility index (Phi) is 5.24. The molecular formula is C15H25N3O2S. The molecule has 1 aromatic carbocycles. The van der Waals surface area contributed by atoms with Gasteiger partial charge in [-0.3, -0.25) is 0 Å². The van der Waals surface area contributed by atoms with Gasteiger partial charge in [0.2, 0.25) is 10.0 Å². The molecular weight excluding hydrogens is 286 g/mol. The van der Waals surface area contributed by atoms with Gasteiger partial charge >= 0.3 is 0 Å². The largest absolute Gasteiger partial charge is 0.378 e. The number of nitrogens with two attached hydrogens (primary N) is 1. The van der Waals surface area contributed by atoms with E-state index in [1.54, 1.807) is 19.1 Å². The van der Waals surface area contributed by atoms with Gasteiger partial charge in [-0.1, -0.05) is 26.2 Å². The molecule has 6 heteroatoms. The van der Waals surface area contributed by atoms with Crippen LogP contribution in [-0.2, 0) is 10.0 Å². The summed E-state index contributed by atoms with van der Waals surface area (Å²) in [7, 11) is -3.38. The predicted octanol–water partition coefficient (Wildman–Crippen LogP) is 2.06. The van der Waals surface area contributed by atoms with E-state index in [-0.39, 0.29) is 5.54 Å². The van der Waals surface area contributed by atoms with Crippen LogP contribution >= 0.6 is 0 Å². The van der Waals surface area contributed by atoms with Gasteiger partial charge in [0.25, 0.3) is 0 Å². The molecule has 0 spiro atoms. The molecule has 1 aliphatic carbocycles. The SMILES string of the molecule is CCNS(=O)(=O)c1ccc(NC2(CN)CCCCC2)cc1. The average Bonchev–Trinajstić information content (AvgIpc) is 2.49. The molecule has 0 aliphatic heterocycles. The van der Waals surface area contributed by atoms with Crippen molar-refractivity contribution in [1.29, 1.82) is 0 Å². The zero-order chi connectivity index (χ0) is 15.3. The van der Waals surface area contributed by atoms with Crippen molar-refractivity contribution in [3.8, 4) is 0 Å². The van der Waals surface area contributed by atoms with Gasteiger partial charge in [-0.2, -0.15) is 0 Å². The highest BCUT2D eigenvalue weighted by molar-refractivity contribution is 7.89. The molecule has 0 heterocycles. The third kappa shape index (κ3) is 3.96. The van der Waals surface area contributed by atoms with Crippen LogP contribution in [0, 0.1) is 0 Å². The zero-order valence-electron chi connectivity index (χ0n) is 12.6. The molecule has 0 amide bonds. The van der Waals surface area contributed by atoms with Crippen LogP contribution in [0.2, 0.25) is 0 Å². The van der Waals surface area contributed by atoms with Gasteiger partial charge in [0.15, 0.2) is 0 Å². The van der Waals surface area contributed by atoms with Crippen molar-refractivity contribution < 1.29 is 8.42 Å². The van der Waals surface area contributed by atoms with Crippen LogP contribution in [0.3, 0.4) is 0 Å². The van der Waals surface area contributed by atoms with Crippen molar-refractivity contribution in [3.05, 3.63) is 24.3 Å². The predicted molar refractivity (Wildman–Crippen MR) is 85.8 cm³/mol. The molecule has 0 radical (unpaired) electrons. The summed E-state index contributed by atoms with van der Waals surface area (Å²) in [6, 6.07) is 6.90. The van der Waals surface area contributed by atoms with Crippen molar-refractivity contribution in [1.82, 2.24) is 4.72 Å². The number of anilines is 1. The summed E-state index contributed by atoms with van der Waals surface area (Å²) in [5.74, 6) is 0. The monoisotopic (exact) mass is 311 g/mol. The number of rotatable bonds is 6. The van der Waals surface area contributed by atoms with E-state index in [0.29, 0.717) is 18.0 Å². The molecule has 0 bridgehead atoms. The molecule has 1 saturated carbocycles. The van der Waals surface area contributed by atoms with E-state index in [0.717, 1.165) is 18.5 Å². The van der Waals surface area contributed by atoms with E-state index in [1.807, 2.05) is 12.1 Å². The lowest BCUT2D eigenvalue weighted by Gasteiger charge is -2.38. The van der Waals surface area contributed by atoms with Crippen LogP contribution in [0.25, 0.3) is 0 Å². The smallest absolute Gasteiger partial charge is 0.240 e. The Hall–Kier alpha value is -1.11. The molecule has 1 aromatic rings. The summed E-state index contributed by atoms with van der Waals surface area (Å²) >= 11 is 0. The Labute approximate surface area is 127 Å². The van der Waals surface area contributed by atoms with E-state index in [9.17, 15) is 8.42 Å². The molecule has 2 rings (SSSR count). The minimum Gasteiger partial charge on any atom is -0.378 e. The van der Waals surface area contributed by atoms with E-state index < -0.39 is 10.0 Å². The van der Waals surface area contributed by atoms with Gasteiger partial charge in [0.05, 0.1) is 4.90 Å². The van der Waals surface area contributed by atoms with Crippen LogP contribution in [0.5, 0.6) is 0 Å². The van der Waals surface area contributed by atoms with E-state index in [1.165, 1.54) is 19.3 Å². The average molecular weight is 311 g/mol. The first-order chi connectivity index (χ1) is 10.0. The Morgan fingerprint density at radius 3 is 2.29 bits per heavy atom. The summed E-state index contributed by atoms with van der Waals surface area (Å²) < 4.78 is 26.3. The van der Waals surface area contributed by atoms with Crippen molar-refractivity contribution in [2.24, 2.45) is 5.73 Å². The molecule has 1 aliphatic rings. The lowest BCUT2D eigenvalue weighted by molar-refractivity contribution is 0.331. The first-order valence-corrected chi connectivity index (χ1v) is 9.08. The first-order valence-electron chi connectivity index (χ1n) is 7.59. The van der Waals surface area contributed by atoms with Gasteiger partial charge in [-0.15, -0.1) is 0 Å². The summed E-state index contributed by atoms with van der Waals surface area (Å²) in [6.45, 7) is 2.75. The van der Waals surface area contributed by atoms with Crippen LogP contribution in [0.15, 0.2) is 29.2 Å². The lowest BCUT2D eigenvalue weighted by atomic mass is 9.81. The van der Waals surface area contributed by atoms with Gasteiger partial charge in [-0.25, -0.2) is 13.1 Å². The highest BCUT2D eigenvalue weighted by Crippen LogP contribution is 2.31. The van der Waals surface area contributed by atoms with Crippen molar-refractivity contribution >= 4 is 15.7 Å². The number of nitrogens with one attached hydrogen (secondary N) is 2. The molecule has 0 saturated heterocycles. The van der Waals surface area contributed by atoms with Crippen LogP contribution in [-0.4, -0.2) is 27.0 Å². The van der Waals surface area contributed by atoms with E-state index in [2.05, 4.69) is 10.0 Å². The molecule has 0 unspecified atom stereocenters. The molecule has 5 nitrogen and oxygen atoms in total. The Balaban J connectivity index is 2.12. The number of sulfonamides is 1. The lowest BCUT2D eigenvalue weighted by Crippen LogP contribution is -2.46. The Morgan fingerprint density at radius 2 is 1.76 bits per heavy atom. The van der Waals surface area contributed by atoms with E-state index in [4.69, 9.17) is 5.73 Å². The van der Waals surface area contributed by atoms with E-state index >= 15 is 0 Å². The van der Waals surface area contributed by atoms with Gasteiger partial charge in [-0.05, 0) is 37.1 Å². The quantitative estimate of drug-likeness (QED) is 0.751. The van der Waals surface area contributed by atoms with Crippen LogP contribution < -0.4 is 15.8 Å². The second-order valence-corrected chi connectivity index (χ2v) is 7.46. The van der Waals surface area contributed by atoms with Crippen LogP contribution in [0.1, 0.15) is 39.0 Å². The van der Waals surface area contributed by atoms with Gasteiger partial charge in [0, 0.05) is 24.3 Å². The standard InChI is InChI=1S/C15H25N3O2S/c1-2-17-21(19,20)14-8-6-13(7-9-14)18-15(12-16)10-4-3-5-11-15/h6-9,17-18H,2-5,10-12,16H2,1H3. The van der Waals surface area contributed by atoms with Crippen molar-refractivity contribution in [2.45, 2.75) is 49.5 Å². The molecule has 118 valence electrons. The molecule has 1 fully saturated rings. The maximum atomic E-state index is 11.9. The first kappa shape index (κ1) is 16.3. The Morgan fingerprint density at radius 1 is 1.14 bits per heavy atom. The number of benzene rings is 1. The Bertz CT molecular complexity index is 549. The normalized spacial score (nSPS) is 18.4. The molecule has 0 aromatic heterocycles. The molecule has 0 atom stereocenters. The fourth-order valence-electron chi connectivity index (χ4n) is 2.91. The number of hydrogen-bond donors (Lipinski definition) is 3. The summed E-state index contributed by atoms with van der Waals surface area (Å²) in [4.78, 5) is 0.292. The molecule has 4 N–H and O–H groups in total. The third-order valence-corrected chi connectivity index (χ3v) is 5.67. The summed E-state index contributed by atoms with van der Waals surface area (Å²) in [5.41, 5.74) is 6.84.